The van der Waals surface area contributed by atoms with Gasteiger partial charge in [-0.1, -0.05) is 41.9 Å². The maximum Gasteiger partial charge on any atom is 0.274 e. The van der Waals surface area contributed by atoms with Gasteiger partial charge in [-0.3, -0.25) is 14.6 Å². The Morgan fingerprint density at radius 3 is 2.52 bits per heavy atom. The van der Waals surface area contributed by atoms with Gasteiger partial charge in [0.25, 0.3) is 11.8 Å². The highest BCUT2D eigenvalue weighted by Crippen LogP contribution is 2.19. The van der Waals surface area contributed by atoms with Crippen molar-refractivity contribution in [3.05, 3.63) is 94.5 Å². The molecule has 0 unspecified atom stereocenters. The highest BCUT2D eigenvalue weighted by molar-refractivity contribution is 6.31. The van der Waals surface area contributed by atoms with Crippen LogP contribution in [-0.4, -0.2) is 16.8 Å². The van der Waals surface area contributed by atoms with Crippen molar-refractivity contribution < 1.29 is 14.0 Å². The normalized spacial score (nSPS) is 10.3. The Labute approximate surface area is 160 Å². The Bertz CT molecular complexity index is 980. The summed E-state index contributed by atoms with van der Waals surface area (Å²) < 4.78 is 13.2. The molecule has 2 N–H and O–H groups in total. The number of hydrogen-bond acceptors (Lipinski definition) is 3. The molecule has 0 fully saturated rings. The highest BCUT2D eigenvalue weighted by Gasteiger charge is 2.13. The number of carbonyl (C=O) groups excluding carboxylic acids is 2. The van der Waals surface area contributed by atoms with Gasteiger partial charge in [0.2, 0.25) is 0 Å². The molecule has 0 aliphatic carbocycles. The number of aromatic nitrogens is 1. The van der Waals surface area contributed by atoms with Crippen LogP contribution in [0.4, 0.5) is 10.1 Å². The smallest absolute Gasteiger partial charge is 0.274 e. The number of rotatable bonds is 5. The highest BCUT2D eigenvalue weighted by atomic mass is 35.5. The van der Waals surface area contributed by atoms with E-state index in [1.54, 1.807) is 0 Å². The molecule has 0 aliphatic rings. The SMILES string of the molecule is O=C(NCc1ccccc1)c1ccnc(C(=O)Nc2ccc(F)c(Cl)c2)c1. The summed E-state index contributed by atoms with van der Waals surface area (Å²) in [4.78, 5) is 28.6. The van der Waals surface area contributed by atoms with E-state index in [1.165, 1.54) is 30.5 Å². The first-order valence-corrected chi connectivity index (χ1v) is 8.45. The number of pyridine rings is 1. The van der Waals surface area contributed by atoms with Crippen LogP contribution in [0, 0.1) is 5.82 Å². The summed E-state index contributed by atoms with van der Waals surface area (Å²) >= 11 is 5.70. The summed E-state index contributed by atoms with van der Waals surface area (Å²) in [7, 11) is 0. The van der Waals surface area contributed by atoms with E-state index < -0.39 is 11.7 Å². The standard InChI is InChI=1S/C20H15ClFN3O2/c21-16-11-15(6-7-17(16)22)25-20(27)18-10-14(8-9-23-18)19(26)24-12-13-4-2-1-3-5-13/h1-11H,12H2,(H,24,26)(H,25,27). The summed E-state index contributed by atoms with van der Waals surface area (Å²) in [6.45, 7) is 0.373. The van der Waals surface area contributed by atoms with Gasteiger partial charge in [0, 0.05) is 24.0 Å². The molecule has 0 saturated heterocycles. The fourth-order valence-corrected chi connectivity index (χ4v) is 2.53. The molecule has 1 heterocycles. The molecule has 2 aromatic carbocycles. The first kappa shape index (κ1) is 18.5. The van der Waals surface area contributed by atoms with Crippen LogP contribution in [-0.2, 0) is 6.54 Å². The van der Waals surface area contributed by atoms with Gasteiger partial charge in [-0.05, 0) is 35.9 Å². The molecule has 7 heteroatoms. The van der Waals surface area contributed by atoms with Crippen LogP contribution in [0.25, 0.3) is 0 Å². The average Bonchev–Trinajstić information content (AvgIpc) is 2.70. The van der Waals surface area contributed by atoms with Crippen molar-refractivity contribution in [2.45, 2.75) is 6.54 Å². The van der Waals surface area contributed by atoms with E-state index in [2.05, 4.69) is 15.6 Å². The van der Waals surface area contributed by atoms with Crippen molar-refractivity contribution in [2.24, 2.45) is 0 Å². The predicted molar refractivity (Wildman–Crippen MR) is 101 cm³/mol. The molecule has 3 aromatic rings. The van der Waals surface area contributed by atoms with Crippen LogP contribution in [0.1, 0.15) is 26.4 Å². The lowest BCUT2D eigenvalue weighted by Gasteiger charge is -2.08. The number of nitrogens with one attached hydrogen (secondary N) is 2. The van der Waals surface area contributed by atoms with Crippen LogP contribution in [0.5, 0.6) is 0 Å². The predicted octanol–water partition coefficient (Wildman–Crippen LogP) is 4.06. The lowest BCUT2D eigenvalue weighted by molar-refractivity contribution is 0.0951. The second-order valence-electron chi connectivity index (χ2n) is 5.68. The number of carbonyl (C=O) groups is 2. The van der Waals surface area contributed by atoms with Gasteiger partial charge in [0.15, 0.2) is 0 Å². The summed E-state index contributed by atoms with van der Waals surface area (Å²) in [5.74, 6) is -1.43. The Kier molecular flexibility index (Phi) is 5.78. The van der Waals surface area contributed by atoms with Crippen LogP contribution >= 0.6 is 11.6 Å². The molecule has 0 radical (unpaired) electrons. The monoisotopic (exact) mass is 383 g/mol. The van der Waals surface area contributed by atoms with E-state index >= 15 is 0 Å². The van der Waals surface area contributed by atoms with Gasteiger partial charge in [-0.25, -0.2) is 4.39 Å². The Morgan fingerprint density at radius 1 is 1.00 bits per heavy atom. The van der Waals surface area contributed by atoms with Crippen molar-refractivity contribution in [1.29, 1.82) is 0 Å². The third-order valence-electron chi connectivity index (χ3n) is 3.73. The van der Waals surface area contributed by atoms with Crippen molar-refractivity contribution >= 4 is 29.1 Å². The molecule has 2 amide bonds. The number of benzene rings is 2. The fourth-order valence-electron chi connectivity index (χ4n) is 2.35. The number of amides is 2. The van der Waals surface area contributed by atoms with Gasteiger partial charge < -0.3 is 10.6 Å². The van der Waals surface area contributed by atoms with Crippen molar-refractivity contribution in [3.63, 3.8) is 0 Å². The van der Waals surface area contributed by atoms with Crippen LogP contribution < -0.4 is 10.6 Å². The molecule has 136 valence electrons. The third-order valence-corrected chi connectivity index (χ3v) is 4.02. The van der Waals surface area contributed by atoms with E-state index in [4.69, 9.17) is 11.6 Å². The van der Waals surface area contributed by atoms with E-state index in [-0.39, 0.29) is 16.6 Å². The summed E-state index contributed by atoms with van der Waals surface area (Å²) in [6, 6.07) is 16.2. The minimum atomic E-state index is -0.579. The number of anilines is 1. The van der Waals surface area contributed by atoms with Gasteiger partial charge in [0.05, 0.1) is 5.02 Å². The molecular formula is C20H15ClFN3O2. The quantitative estimate of drug-likeness (QED) is 0.698. The fraction of sp³-hybridized carbons (Fsp3) is 0.0500. The molecule has 27 heavy (non-hydrogen) atoms. The molecule has 0 atom stereocenters. The maximum absolute atomic E-state index is 13.2. The van der Waals surface area contributed by atoms with Gasteiger partial charge in [-0.15, -0.1) is 0 Å². The van der Waals surface area contributed by atoms with Gasteiger partial charge >= 0.3 is 0 Å². The zero-order valence-corrected chi connectivity index (χ0v) is 14.8. The summed E-state index contributed by atoms with van der Waals surface area (Å²) in [5, 5.41) is 5.25. The van der Waals surface area contributed by atoms with Crippen LogP contribution in [0.3, 0.4) is 0 Å². The second kappa shape index (κ2) is 8.42. The van der Waals surface area contributed by atoms with E-state index in [0.29, 0.717) is 17.8 Å². The number of hydrogen-bond donors (Lipinski definition) is 2. The number of halogens is 2. The molecule has 5 nitrogen and oxygen atoms in total. The first-order valence-electron chi connectivity index (χ1n) is 8.07. The van der Waals surface area contributed by atoms with E-state index in [1.807, 2.05) is 30.3 Å². The van der Waals surface area contributed by atoms with Gasteiger partial charge in [0.1, 0.15) is 11.5 Å². The Morgan fingerprint density at radius 2 is 1.78 bits per heavy atom. The minimum absolute atomic E-state index is 0.0582. The zero-order valence-electron chi connectivity index (χ0n) is 14.1. The van der Waals surface area contributed by atoms with Crippen molar-refractivity contribution in [2.75, 3.05) is 5.32 Å². The minimum Gasteiger partial charge on any atom is -0.348 e. The molecule has 0 bridgehead atoms. The average molecular weight is 384 g/mol. The second-order valence-corrected chi connectivity index (χ2v) is 6.09. The number of nitrogens with zero attached hydrogens (tertiary/aromatic N) is 1. The molecular weight excluding hydrogens is 369 g/mol. The zero-order chi connectivity index (χ0) is 19.2. The molecule has 0 aliphatic heterocycles. The van der Waals surface area contributed by atoms with Crippen molar-refractivity contribution in [3.8, 4) is 0 Å². The molecule has 0 spiro atoms. The third kappa shape index (κ3) is 4.89. The first-order chi connectivity index (χ1) is 13.0. The van der Waals surface area contributed by atoms with Crippen LogP contribution in [0.15, 0.2) is 66.9 Å². The largest absolute Gasteiger partial charge is 0.348 e. The van der Waals surface area contributed by atoms with Crippen LogP contribution in [0.2, 0.25) is 5.02 Å². The summed E-state index contributed by atoms with van der Waals surface area (Å²) in [5.41, 5.74) is 1.66. The Balaban J connectivity index is 1.67. The molecule has 0 saturated carbocycles. The van der Waals surface area contributed by atoms with Gasteiger partial charge in [-0.2, -0.15) is 0 Å². The summed E-state index contributed by atoms with van der Waals surface area (Å²) in [6.07, 6.45) is 1.38. The van der Waals surface area contributed by atoms with Crippen molar-refractivity contribution in [1.82, 2.24) is 10.3 Å². The molecule has 1 aromatic heterocycles. The lowest BCUT2D eigenvalue weighted by Crippen LogP contribution is -2.23. The maximum atomic E-state index is 13.2. The molecule has 3 rings (SSSR count). The Hall–Kier alpha value is -3.25. The van der Waals surface area contributed by atoms with E-state index in [9.17, 15) is 14.0 Å². The topological polar surface area (TPSA) is 71.1 Å². The van der Waals surface area contributed by atoms with E-state index in [0.717, 1.165) is 11.6 Å². The lowest BCUT2D eigenvalue weighted by atomic mass is 10.2.